The van der Waals surface area contributed by atoms with Crippen LogP contribution in [0, 0.1) is 0 Å². The van der Waals surface area contributed by atoms with Gasteiger partial charge in [0.1, 0.15) is 12.4 Å². The standard InChI is InChI=1S/C14H12Br2O/c15-9-12-6-7-13(16)14(8-12)17-10-11-4-2-1-3-5-11/h1-8H,9-10H2. The molecule has 0 heterocycles. The number of hydrogen-bond acceptors (Lipinski definition) is 1. The fourth-order valence-electron chi connectivity index (χ4n) is 1.48. The first kappa shape index (κ1) is 12.7. The molecule has 0 aliphatic carbocycles. The summed E-state index contributed by atoms with van der Waals surface area (Å²) >= 11 is 6.93. The van der Waals surface area contributed by atoms with Crippen LogP contribution >= 0.6 is 31.9 Å². The molecule has 0 aliphatic heterocycles. The van der Waals surface area contributed by atoms with Crippen molar-refractivity contribution < 1.29 is 4.74 Å². The highest BCUT2D eigenvalue weighted by Gasteiger charge is 2.02. The number of ether oxygens (including phenoxy) is 1. The van der Waals surface area contributed by atoms with E-state index in [1.165, 1.54) is 11.1 Å². The Kier molecular flexibility index (Phi) is 4.63. The summed E-state index contributed by atoms with van der Waals surface area (Å²) in [6.07, 6.45) is 0. The second kappa shape index (κ2) is 6.22. The minimum Gasteiger partial charge on any atom is -0.488 e. The van der Waals surface area contributed by atoms with E-state index in [4.69, 9.17) is 4.74 Å². The van der Waals surface area contributed by atoms with E-state index in [0.29, 0.717) is 6.61 Å². The van der Waals surface area contributed by atoms with E-state index in [0.717, 1.165) is 15.6 Å². The normalized spacial score (nSPS) is 10.2. The Morgan fingerprint density at radius 1 is 0.941 bits per heavy atom. The van der Waals surface area contributed by atoms with Crippen molar-refractivity contribution in [1.82, 2.24) is 0 Å². The quantitative estimate of drug-likeness (QED) is 0.707. The molecule has 0 atom stereocenters. The van der Waals surface area contributed by atoms with Crippen molar-refractivity contribution in [3.63, 3.8) is 0 Å². The van der Waals surface area contributed by atoms with Crippen molar-refractivity contribution in [2.75, 3.05) is 0 Å². The third-order valence-corrected chi connectivity index (χ3v) is 3.69. The van der Waals surface area contributed by atoms with Gasteiger partial charge in [0, 0.05) is 5.33 Å². The molecule has 0 saturated heterocycles. The topological polar surface area (TPSA) is 9.23 Å². The molecule has 1 nitrogen and oxygen atoms in total. The van der Waals surface area contributed by atoms with Gasteiger partial charge in [0.2, 0.25) is 0 Å². The molecule has 0 N–H and O–H groups in total. The van der Waals surface area contributed by atoms with Crippen molar-refractivity contribution in [3.05, 3.63) is 64.1 Å². The zero-order valence-corrected chi connectivity index (χ0v) is 12.4. The van der Waals surface area contributed by atoms with E-state index in [2.05, 4.69) is 50.1 Å². The number of rotatable bonds is 4. The van der Waals surface area contributed by atoms with Gasteiger partial charge in [0.25, 0.3) is 0 Å². The molecule has 0 aliphatic rings. The first-order valence-corrected chi connectivity index (χ1v) is 7.22. The van der Waals surface area contributed by atoms with Gasteiger partial charge in [-0.15, -0.1) is 0 Å². The van der Waals surface area contributed by atoms with Crippen LogP contribution in [-0.2, 0) is 11.9 Å². The molecule has 88 valence electrons. The molecule has 0 fully saturated rings. The lowest BCUT2D eigenvalue weighted by Gasteiger charge is -2.09. The van der Waals surface area contributed by atoms with Gasteiger partial charge in [-0.05, 0) is 39.2 Å². The third-order valence-electron chi connectivity index (χ3n) is 2.39. The second-order valence-corrected chi connectivity index (χ2v) is 5.09. The van der Waals surface area contributed by atoms with Crippen molar-refractivity contribution in [2.45, 2.75) is 11.9 Å². The zero-order valence-electron chi connectivity index (χ0n) is 9.20. The Labute approximate surface area is 118 Å². The van der Waals surface area contributed by atoms with Crippen LogP contribution in [0.4, 0.5) is 0 Å². The summed E-state index contributed by atoms with van der Waals surface area (Å²) in [4.78, 5) is 0. The number of hydrogen-bond donors (Lipinski definition) is 0. The summed E-state index contributed by atoms with van der Waals surface area (Å²) in [5.74, 6) is 0.880. The van der Waals surface area contributed by atoms with Crippen LogP contribution in [0.1, 0.15) is 11.1 Å². The highest BCUT2D eigenvalue weighted by atomic mass is 79.9. The Morgan fingerprint density at radius 3 is 2.41 bits per heavy atom. The summed E-state index contributed by atoms with van der Waals surface area (Å²) in [6, 6.07) is 16.3. The average molecular weight is 356 g/mol. The predicted octanol–water partition coefficient (Wildman–Crippen LogP) is 4.92. The average Bonchev–Trinajstić information content (AvgIpc) is 2.39. The molecule has 3 heteroatoms. The molecular weight excluding hydrogens is 344 g/mol. The smallest absolute Gasteiger partial charge is 0.134 e. The van der Waals surface area contributed by atoms with Gasteiger partial charge in [0.05, 0.1) is 4.47 Å². The molecule has 0 saturated carbocycles. The van der Waals surface area contributed by atoms with Crippen LogP contribution in [0.5, 0.6) is 5.75 Å². The first-order chi connectivity index (χ1) is 8.29. The molecule has 0 bridgehead atoms. The van der Waals surface area contributed by atoms with Gasteiger partial charge in [-0.2, -0.15) is 0 Å². The Morgan fingerprint density at radius 2 is 1.71 bits per heavy atom. The van der Waals surface area contributed by atoms with E-state index in [9.17, 15) is 0 Å². The van der Waals surface area contributed by atoms with E-state index < -0.39 is 0 Å². The Balaban J connectivity index is 2.08. The molecule has 17 heavy (non-hydrogen) atoms. The summed E-state index contributed by atoms with van der Waals surface area (Å²) in [5, 5.41) is 0.835. The van der Waals surface area contributed by atoms with Gasteiger partial charge in [0.15, 0.2) is 0 Å². The van der Waals surface area contributed by atoms with Crippen molar-refractivity contribution >= 4 is 31.9 Å². The molecule has 0 amide bonds. The van der Waals surface area contributed by atoms with Gasteiger partial charge in [-0.1, -0.05) is 52.3 Å². The van der Waals surface area contributed by atoms with E-state index >= 15 is 0 Å². The third kappa shape index (κ3) is 3.58. The zero-order chi connectivity index (χ0) is 12.1. The van der Waals surface area contributed by atoms with Crippen LogP contribution < -0.4 is 4.74 Å². The summed E-state index contributed by atoms with van der Waals surface area (Å²) in [5.41, 5.74) is 2.37. The predicted molar refractivity (Wildman–Crippen MR) is 77.5 cm³/mol. The lowest BCUT2D eigenvalue weighted by Crippen LogP contribution is -1.96. The Bertz CT molecular complexity index is 483. The first-order valence-electron chi connectivity index (χ1n) is 5.30. The summed E-state index contributed by atoms with van der Waals surface area (Å²) in [6.45, 7) is 0.588. The molecule has 2 rings (SSSR count). The van der Waals surface area contributed by atoms with E-state index in [1.54, 1.807) is 0 Å². The fourth-order valence-corrected chi connectivity index (χ4v) is 2.19. The molecular formula is C14H12Br2O. The number of alkyl halides is 1. The lowest BCUT2D eigenvalue weighted by atomic mass is 10.2. The highest BCUT2D eigenvalue weighted by Crippen LogP contribution is 2.27. The summed E-state index contributed by atoms with van der Waals surface area (Å²) in [7, 11) is 0. The SMILES string of the molecule is BrCc1ccc(Br)c(OCc2ccccc2)c1. The minimum absolute atomic E-state index is 0.588. The maximum atomic E-state index is 5.80. The minimum atomic E-state index is 0.588. The fraction of sp³-hybridized carbons (Fsp3) is 0.143. The highest BCUT2D eigenvalue weighted by molar-refractivity contribution is 9.10. The van der Waals surface area contributed by atoms with Crippen LogP contribution in [0.2, 0.25) is 0 Å². The molecule has 2 aromatic rings. The second-order valence-electron chi connectivity index (χ2n) is 3.67. The van der Waals surface area contributed by atoms with Crippen molar-refractivity contribution in [2.24, 2.45) is 0 Å². The van der Waals surface area contributed by atoms with Crippen LogP contribution in [0.3, 0.4) is 0 Å². The van der Waals surface area contributed by atoms with Crippen LogP contribution in [-0.4, -0.2) is 0 Å². The van der Waals surface area contributed by atoms with Gasteiger partial charge in [-0.3, -0.25) is 0 Å². The van der Waals surface area contributed by atoms with E-state index in [-0.39, 0.29) is 0 Å². The molecule has 2 aromatic carbocycles. The van der Waals surface area contributed by atoms with Gasteiger partial charge < -0.3 is 4.74 Å². The van der Waals surface area contributed by atoms with Crippen LogP contribution in [0.15, 0.2) is 53.0 Å². The molecule has 0 unspecified atom stereocenters. The molecule has 0 aromatic heterocycles. The maximum Gasteiger partial charge on any atom is 0.134 e. The Hall–Kier alpha value is -0.800. The van der Waals surface area contributed by atoms with Crippen molar-refractivity contribution in [1.29, 1.82) is 0 Å². The van der Waals surface area contributed by atoms with Crippen LogP contribution in [0.25, 0.3) is 0 Å². The maximum absolute atomic E-state index is 5.80. The van der Waals surface area contributed by atoms with Gasteiger partial charge in [-0.25, -0.2) is 0 Å². The largest absolute Gasteiger partial charge is 0.488 e. The molecule has 0 spiro atoms. The summed E-state index contributed by atoms with van der Waals surface area (Å²) < 4.78 is 6.78. The number of halogens is 2. The monoisotopic (exact) mass is 354 g/mol. The van der Waals surface area contributed by atoms with E-state index in [1.807, 2.05) is 30.3 Å². The molecule has 0 radical (unpaired) electrons. The van der Waals surface area contributed by atoms with Gasteiger partial charge >= 0.3 is 0 Å². The van der Waals surface area contributed by atoms with Crippen molar-refractivity contribution in [3.8, 4) is 5.75 Å². The lowest BCUT2D eigenvalue weighted by molar-refractivity contribution is 0.304. The number of benzene rings is 2.